The maximum Gasteiger partial charge on any atom is -0.00161 e. The molecular formula is C35H42. The summed E-state index contributed by atoms with van der Waals surface area (Å²) in [6, 6.07) is 16.0. The van der Waals surface area contributed by atoms with Gasteiger partial charge in [0.25, 0.3) is 0 Å². The molecule has 1 atom stereocenters. The fourth-order valence-corrected chi connectivity index (χ4v) is 5.15. The van der Waals surface area contributed by atoms with Gasteiger partial charge in [0.05, 0.1) is 0 Å². The molecule has 1 aliphatic carbocycles. The smallest absolute Gasteiger partial charge is 0.00161 e. The third-order valence-corrected chi connectivity index (χ3v) is 7.04. The number of aryl methyl sites for hydroxylation is 2. The van der Waals surface area contributed by atoms with Crippen molar-refractivity contribution in [3.8, 4) is 11.1 Å². The first-order valence-electron chi connectivity index (χ1n) is 13.2. The molecular weight excluding hydrogens is 420 g/mol. The van der Waals surface area contributed by atoms with Gasteiger partial charge in [0.2, 0.25) is 0 Å². The van der Waals surface area contributed by atoms with E-state index < -0.39 is 0 Å². The second-order valence-corrected chi connectivity index (χ2v) is 9.91. The van der Waals surface area contributed by atoms with E-state index in [0.29, 0.717) is 5.92 Å². The lowest BCUT2D eigenvalue weighted by molar-refractivity contribution is 0.686. The minimum Gasteiger partial charge on any atom is -0.124 e. The normalized spacial score (nSPS) is 15.0. The first-order chi connectivity index (χ1) is 16.9. The van der Waals surface area contributed by atoms with Crippen LogP contribution in [-0.2, 0) is 12.8 Å². The van der Waals surface area contributed by atoms with Crippen molar-refractivity contribution in [2.75, 3.05) is 0 Å². The van der Waals surface area contributed by atoms with E-state index >= 15 is 0 Å². The summed E-state index contributed by atoms with van der Waals surface area (Å²) >= 11 is 0. The van der Waals surface area contributed by atoms with E-state index in [1.165, 1.54) is 55.7 Å². The van der Waals surface area contributed by atoms with Gasteiger partial charge in [0.1, 0.15) is 0 Å². The molecule has 0 bridgehead atoms. The number of benzene rings is 2. The lowest BCUT2D eigenvalue weighted by Gasteiger charge is -2.20. The molecule has 0 heterocycles. The number of rotatable bonds is 9. The summed E-state index contributed by atoms with van der Waals surface area (Å²) in [5.41, 5.74) is 16.8. The van der Waals surface area contributed by atoms with Crippen LogP contribution in [0.25, 0.3) is 11.1 Å². The van der Waals surface area contributed by atoms with Gasteiger partial charge in [-0.3, -0.25) is 0 Å². The Balaban J connectivity index is 1.86. The third kappa shape index (κ3) is 6.74. The fraction of sp³-hybridized carbons (Fsp3) is 0.343. The van der Waals surface area contributed by atoms with Crippen LogP contribution in [0.3, 0.4) is 0 Å². The van der Waals surface area contributed by atoms with Gasteiger partial charge in [-0.05, 0) is 109 Å². The Labute approximate surface area is 214 Å². The molecule has 2 aromatic rings. The Hall–Kier alpha value is -3.08. The van der Waals surface area contributed by atoms with Crippen LogP contribution in [0.5, 0.6) is 0 Å². The highest BCUT2D eigenvalue weighted by atomic mass is 14.2. The molecule has 0 saturated carbocycles. The molecule has 0 aliphatic heterocycles. The van der Waals surface area contributed by atoms with Crippen molar-refractivity contribution in [3.05, 3.63) is 124 Å². The van der Waals surface area contributed by atoms with Gasteiger partial charge in [0.15, 0.2) is 0 Å². The third-order valence-electron chi connectivity index (χ3n) is 7.04. The molecule has 0 saturated heterocycles. The SMILES string of the molecule is C=C(C)C1=C(CCC)C=C(C(=CC)C(C)Cc2ccc(-c3cc(C)ccc3CC)cc2)C=C=CC1. The second-order valence-electron chi connectivity index (χ2n) is 9.91. The predicted molar refractivity (Wildman–Crippen MR) is 155 cm³/mol. The zero-order valence-corrected chi connectivity index (χ0v) is 22.7. The summed E-state index contributed by atoms with van der Waals surface area (Å²) in [7, 11) is 0. The minimum absolute atomic E-state index is 0.413. The maximum atomic E-state index is 4.25. The summed E-state index contributed by atoms with van der Waals surface area (Å²) in [5, 5.41) is 0. The molecule has 1 unspecified atom stereocenters. The highest BCUT2D eigenvalue weighted by Gasteiger charge is 2.15. The Morgan fingerprint density at radius 1 is 1.11 bits per heavy atom. The van der Waals surface area contributed by atoms with Crippen LogP contribution in [-0.4, -0.2) is 0 Å². The summed E-state index contributed by atoms with van der Waals surface area (Å²) in [5.74, 6) is 0.413. The summed E-state index contributed by atoms with van der Waals surface area (Å²) < 4.78 is 0. The molecule has 3 rings (SSSR count). The fourth-order valence-electron chi connectivity index (χ4n) is 5.15. The monoisotopic (exact) mass is 462 g/mol. The molecule has 0 amide bonds. The number of hydrogen-bond acceptors (Lipinski definition) is 0. The molecule has 35 heavy (non-hydrogen) atoms. The van der Waals surface area contributed by atoms with Gasteiger partial charge in [0, 0.05) is 0 Å². The molecule has 0 nitrogen and oxygen atoms in total. The molecule has 0 fully saturated rings. The number of hydrogen-bond donors (Lipinski definition) is 0. The Morgan fingerprint density at radius 3 is 2.49 bits per heavy atom. The van der Waals surface area contributed by atoms with Gasteiger partial charge >= 0.3 is 0 Å². The average molecular weight is 463 g/mol. The lowest BCUT2D eigenvalue weighted by Crippen LogP contribution is -2.06. The second kappa shape index (κ2) is 12.6. The van der Waals surface area contributed by atoms with E-state index in [4.69, 9.17) is 0 Å². The molecule has 0 N–H and O–H groups in total. The minimum atomic E-state index is 0.413. The molecule has 182 valence electrons. The number of allylic oxidation sites excluding steroid dienone is 8. The zero-order valence-electron chi connectivity index (χ0n) is 22.7. The van der Waals surface area contributed by atoms with Gasteiger partial charge < -0.3 is 0 Å². The zero-order chi connectivity index (χ0) is 25.4. The lowest BCUT2D eigenvalue weighted by atomic mass is 9.85. The van der Waals surface area contributed by atoms with E-state index in [-0.39, 0.29) is 0 Å². The molecule has 0 aromatic heterocycles. The van der Waals surface area contributed by atoms with Gasteiger partial charge in [-0.15, -0.1) is 5.73 Å². The van der Waals surface area contributed by atoms with E-state index in [1.54, 1.807) is 0 Å². The van der Waals surface area contributed by atoms with Gasteiger partial charge in [-0.25, -0.2) is 0 Å². The van der Waals surface area contributed by atoms with Crippen molar-refractivity contribution >= 4 is 0 Å². The van der Waals surface area contributed by atoms with Crippen LogP contribution in [0.15, 0.2) is 107 Å². The Bertz CT molecular complexity index is 1200. The first kappa shape index (κ1) is 26.5. The predicted octanol–water partition coefficient (Wildman–Crippen LogP) is 10.1. The van der Waals surface area contributed by atoms with Crippen molar-refractivity contribution in [1.29, 1.82) is 0 Å². The topological polar surface area (TPSA) is 0 Å². The summed E-state index contributed by atoms with van der Waals surface area (Å²) in [6.45, 7) is 17.5. The Kier molecular flexibility index (Phi) is 9.53. The van der Waals surface area contributed by atoms with E-state index in [1.807, 2.05) is 0 Å². The van der Waals surface area contributed by atoms with Crippen molar-refractivity contribution in [3.63, 3.8) is 0 Å². The van der Waals surface area contributed by atoms with Crippen molar-refractivity contribution in [2.24, 2.45) is 5.92 Å². The van der Waals surface area contributed by atoms with Crippen LogP contribution in [0.4, 0.5) is 0 Å². The van der Waals surface area contributed by atoms with Crippen LogP contribution >= 0.6 is 0 Å². The highest BCUT2D eigenvalue weighted by Crippen LogP contribution is 2.31. The molecule has 1 aliphatic rings. The molecule has 2 aromatic carbocycles. The van der Waals surface area contributed by atoms with Gasteiger partial charge in [-0.1, -0.05) is 99.5 Å². The first-order valence-corrected chi connectivity index (χ1v) is 13.2. The van der Waals surface area contributed by atoms with Crippen LogP contribution < -0.4 is 0 Å². The quantitative estimate of drug-likeness (QED) is 0.325. The van der Waals surface area contributed by atoms with Crippen LogP contribution in [0, 0.1) is 12.8 Å². The average Bonchev–Trinajstić information content (AvgIpc) is 2.82. The maximum absolute atomic E-state index is 4.25. The van der Waals surface area contributed by atoms with Crippen molar-refractivity contribution < 1.29 is 0 Å². The summed E-state index contributed by atoms with van der Waals surface area (Å²) in [6.07, 6.45) is 14.2. The van der Waals surface area contributed by atoms with E-state index in [9.17, 15) is 0 Å². The van der Waals surface area contributed by atoms with Crippen molar-refractivity contribution in [1.82, 2.24) is 0 Å². The van der Waals surface area contributed by atoms with Crippen molar-refractivity contribution in [2.45, 2.75) is 73.6 Å². The molecule has 0 spiro atoms. The van der Waals surface area contributed by atoms with E-state index in [2.05, 4.69) is 121 Å². The summed E-state index contributed by atoms with van der Waals surface area (Å²) in [4.78, 5) is 0. The van der Waals surface area contributed by atoms with Crippen LogP contribution in [0.2, 0.25) is 0 Å². The van der Waals surface area contributed by atoms with Gasteiger partial charge in [-0.2, -0.15) is 0 Å². The molecule has 0 heteroatoms. The standard InChI is InChI=1S/C35H42/c1-8-13-31-24-32(14-11-12-15-34(31)25(4)5)33(10-3)27(7)23-28-17-20-30(21-18-28)35-22-26(6)16-19-29(35)9-2/h10,12,14,16-22,24,27H,4,8-9,13,15,23H2,1-3,5-7H3. The highest BCUT2D eigenvalue weighted by molar-refractivity contribution is 5.68. The molecule has 0 radical (unpaired) electrons. The van der Waals surface area contributed by atoms with E-state index in [0.717, 1.165) is 32.1 Å². The Morgan fingerprint density at radius 2 is 1.86 bits per heavy atom. The van der Waals surface area contributed by atoms with Crippen LogP contribution in [0.1, 0.15) is 70.6 Å². The largest absolute Gasteiger partial charge is 0.124 e.